The smallest absolute Gasteiger partial charge is 0.261 e. The van der Waals surface area contributed by atoms with E-state index in [0.29, 0.717) is 6.54 Å². The standard InChI is InChI=1S/C12H17NO3/c1-3-4-8-13(2)12(16)11-9(14)6-5-7-10(11)15/h5-7,14-15H,3-4,8H2,1-2H3. The Labute approximate surface area is 95.1 Å². The van der Waals surface area contributed by atoms with E-state index in [4.69, 9.17) is 0 Å². The van der Waals surface area contributed by atoms with Gasteiger partial charge in [0.25, 0.3) is 5.91 Å². The van der Waals surface area contributed by atoms with E-state index in [1.54, 1.807) is 7.05 Å². The van der Waals surface area contributed by atoms with Crippen LogP contribution in [0.2, 0.25) is 0 Å². The van der Waals surface area contributed by atoms with Gasteiger partial charge >= 0.3 is 0 Å². The molecule has 1 rings (SSSR count). The third-order valence-electron chi connectivity index (χ3n) is 2.43. The van der Waals surface area contributed by atoms with Crippen LogP contribution in [0.4, 0.5) is 0 Å². The van der Waals surface area contributed by atoms with Crippen LogP contribution in [0.5, 0.6) is 11.5 Å². The SMILES string of the molecule is CCCCN(C)C(=O)c1c(O)cccc1O. The van der Waals surface area contributed by atoms with Crippen LogP contribution in [0.15, 0.2) is 18.2 Å². The van der Waals surface area contributed by atoms with E-state index in [9.17, 15) is 15.0 Å². The van der Waals surface area contributed by atoms with Gasteiger partial charge in [-0.2, -0.15) is 0 Å². The Morgan fingerprint density at radius 2 is 1.88 bits per heavy atom. The van der Waals surface area contributed by atoms with Crippen LogP contribution in [0.3, 0.4) is 0 Å². The quantitative estimate of drug-likeness (QED) is 0.820. The monoisotopic (exact) mass is 223 g/mol. The lowest BCUT2D eigenvalue weighted by Gasteiger charge is -2.17. The minimum absolute atomic E-state index is 0.0268. The summed E-state index contributed by atoms with van der Waals surface area (Å²) in [5.74, 6) is -0.731. The lowest BCUT2D eigenvalue weighted by Crippen LogP contribution is -2.27. The predicted octanol–water partition coefficient (Wildman–Crippen LogP) is 1.97. The van der Waals surface area contributed by atoms with E-state index in [1.807, 2.05) is 6.92 Å². The summed E-state index contributed by atoms with van der Waals surface area (Å²) in [5.41, 5.74) is -0.0268. The number of unbranched alkanes of at least 4 members (excludes halogenated alkanes) is 1. The molecule has 0 aromatic heterocycles. The second kappa shape index (κ2) is 5.39. The van der Waals surface area contributed by atoms with Gasteiger partial charge in [-0.15, -0.1) is 0 Å². The molecule has 16 heavy (non-hydrogen) atoms. The van der Waals surface area contributed by atoms with Gasteiger partial charge in [-0.1, -0.05) is 19.4 Å². The molecule has 0 aliphatic heterocycles. The van der Waals surface area contributed by atoms with E-state index in [-0.39, 0.29) is 23.0 Å². The van der Waals surface area contributed by atoms with E-state index >= 15 is 0 Å². The van der Waals surface area contributed by atoms with Crippen molar-refractivity contribution in [3.63, 3.8) is 0 Å². The predicted molar refractivity (Wildman–Crippen MR) is 61.6 cm³/mol. The number of carbonyl (C=O) groups excluding carboxylic acids is 1. The number of aromatic hydroxyl groups is 2. The van der Waals surface area contributed by atoms with Crippen molar-refractivity contribution in [2.75, 3.05) is 13.6 Å². The fourth-order valence-electron chi connectivity index (χ4n) is 1.44. The zero-order valence-corrected chi connectivity index (χ0v) is 9.60. The number of rotatable bonds is 4. The van der Waals surface area contributed by atoms with E-state index in [2.05, 4.69) is 0 Å². The van der Waals surface area contributed by atoms with Crippen LogP contribution < -0.4 is 0 Å². The Kier molecular flexibility index (Phi) is 4.17. The summed E-state index contributed by atoms with van der Waals surface area (Å²) in [6, 6.07) is 4.27. The molecule has 0 radical (unpaired) electrons. The number of benzene rings is 1. The number of amides is 1. The van der Waals surface area contributed by atoms with Gasteiger partial charge in [0.15, 0.2) is 0 Å². The van der Waals surface area contributed by atoms with Crippen LogP contribution in [-0.4, -0.2) is 34.6 Å². The Morgan fingerprint density at radius 1 is 1.31 bits per heavy atom. The summed E-state index contributed by atoms with van der Waals surface area (Å²) < 4.78 is 0. The van der Waals surface area contributed by atoms with Crippen molar-refractivity contribution in [1.29, 1.82) is 0 Å². The van der Waals surface area contributed by atoms with Crippen molar-refractivity contribution in [1.82, 2.24) is 4.90 Å². The first kappa shape index (κ1) is 12.4. The van der Waals surface area contributed by atoms with Crippen molar-refractivity contribution < 1.29 is 15.0 Å². The van der Waals surface area contributed by atoms with Crippen LogP contribution >= 0.6 is 0 Å². The first-order chi connectivity index (χ1) is 7.57. The van der Waals surface area contributed by atoms with Gasteiger partial charge in [-0.3, -0.25) is 4.79 Å². The summed E-state index contributed by atoms with van der Waals surface area (Å²) in [6.45, 7) is 2.65. The van der Waals surface area contributed by atoms with E-state index in [0.717, 1.165) is 12.8 Å². The molecule has 0 aliphatic rings. The average Bonchev–Trinajstić information content (AvgIpc) is 2.25. The summed E-state index contributed by atoms with van der Waals surface area (Å²) in [4.78, 5) is 13.4. The Balaban J connectivity index is 2.87. The molecule has 4 heteroatoms. The largest absolute Gasteiger partial charge is 0.507 e. The molecule has 1 aromatic carbocycles. The molecule has 0 unspecified atom stereocenters. The van der Waals surface area contributed by atoms with Crippen molar-refractivity contribution in [2.45, 2.75) is 19.8 Å². The third kappa shape index (κ3) is 2.66. The van der Waals surface area contributed by atoms with Crippen molar-refractivity contribution in [3.8, 4) is 11.5 Å². The lowest BCUT2D eigenvalue weighted by atomic mass is 10.1. The molecule has 0 spiro atoms. The van der Waals surface area contributed by atoms with E-state index in [1.165, 1.54) is 23.1 Å². The topological polar surface area (TPSA) is 60.8 Å². The Bertz CT molecular complexity index is 356. The normalized spacial score (nSPS) is 10.1. The molecule has 0 saturated heterocycles. The fraction of sp³-hybridized carbons (Fsp3) is 0.417. The van der Waals surface area contributed by atoms with Crippen LogP contribution in [-0.2, 0) is 0 Å². The molecular weight excluding hydrogens is 206 g/mol. The minimum Gasteiger partial charge on any atom is -0.507 e. The molecule has 4 nitrogen and oxygen atoms in total. The van der Waals surface area contributed by atoms with Gasteiger partial charge in [0.2, 0.25) is 0 Å². The highest BCUT2D eigenvalue weighted by atomic mass is 16.3. The molecule has 2 N–H and O–H groups in total. The second-order valence-electron chi connectivity index (χ2n) is 3.75. The van der Waals surface area contributed by atoms with Crippen LogP contribution in [0.1, 0.15) is 30.1 Å². The Hall–Kier alpha value is -1.71. The molecule has 0 atom stereocenters. The van der Waals surface area contributed by atoms with Crippen LogP contribution in [0.25, 0.3) is 0 Å². The van der Waals surface area contributed by atoms with Gasteiger partial charge in [0, 0.05) is 13.6 Å². The highest BCUT2D eigenvalue weighted by molar-refractivity contribution is 5.99. The maximum atomic E-state index is 11.9. The highest BCUT2D eigenvalue weighted by Gasteiger charge is 2.19. The molecule has 88 valence electrons. The molecular formula is C12H17NO3. The van der Waals surface area contributed by atoms with Gasteiger partial charge in [-0.25, -0.2) is 0 Å². The summed E-state index contributed by atoms with van der Waals surface area (Å²) in [5, 5.41) is 19.1. The molecule has 0 bridgehead atoms. The average molecular weight is 223 g/mol. The first-order valence-electron chi connectivity index (χ1n) is 5.34. The van der Waals surface area contributed by atoms with Gasteiger partial charge in [0.1, 0.15) is 17.1 Å². The van der Waals surface area contributed by atoms with Gasteiger partial charge < -0.3 is 15.1 Å². The molecule has 1 aromatic rings. The fourth-order valence-corrected chi connectivity index (χ4v) is 1.44. The number of phenols is 2. The zero-order valence-electron chi connectivity index (χ0n) is 9.60. The number of hydrogen-bond acceptors (Lipinski definition) is 3. The van der Waals surface area contributed by atoms with Crippen LogP contribution in [0, 0.1) is 0 Å². The Morgan fingerprint density at radius 3 is 2.38 bits per heavy atom. The first-order valence-corrected chi connectivity index (χ1v) is 5.34. The molecule has 1 amide bonds. The maximum absolute atomic E-state index is 11.9. The zero-order chi connectivity index (χ0) is 12.1. The minimum atomic E-state index is -0.357. The number of hydrogen-bond donors (Lipinski definition) is 2. The number of nitrogens with zero attached hydrogens (tertiary/aromatic N) is 1. The van der Waals surface area contributed by atoms with Gasteiger partial charge in [-0.05, 0) is 18.6 Å². The second-order valence-corrected chi connectivity index (χ2v) is 3.75. The van der Waals surface area contributed by atoms with Crippen molar-refractivity contribution >= 4 is 5.91 Å². The van der Waals surface area contributed by atoms with E-state index < -0.39 is 0 Å². The van der Waals surface area contributed by atoms with Gasteiger partial charge in [0.05, 0.1) is 0 Å². The summed E-state index contributed by atoms with van der Waals surface area (Å²) in [6.07, 6.45) is 1.89. The number of phenolic OH excluding ortho intramolecular Hbond substituents is 2. The highest BCUT2D eigenvalue weighted by Crippen LogP contribution is 2.27. The third-order valence-corrected chi connectivity index (χ3v) is 2.43. The summed E-state index contributed by atoms with van der Waals surface area (Å²) >= 11 is 0. The molecule has 0 aliphatic carbocycles. The molecule has 0 heterocycles. The summed E-state index contributed by atoms with van der Waals surface area (Å²) in [7, 11) is 1.66. The molecule has 0 saturated carbocycles. The lowest BCUT2D eigenvalue weighted by molar-refractivity contribution is 0.0787. The maximum Gasteiger partial charge on any atom is 0.261 e. The van der Waals surface area contributed by atoms with Crippen molar-refractivity contribution in [2.24, 2.45) is 0 Å². The van der Waals surface area contributed by atoms with Crippen molar-refractivity contribution in [3.05, 3.63) is 23.8 Å². The number of carbonyl (C=O) groups is 1. The molecule has 0 fully saturated rings.